The average Bonchev–Trinajstić information content (AvgIpc) is 2.77. The molecule has 1 aliphatic heterocycles. The van der Waals surface area contributed by atoms with Gasteiger partial charge in [0.25, 0.3) is 5.56 Å². The third-order valence-electron chi connectivity index (χ3n) is 5.46. The van der Waals surface area contributed by atoms with Gasteiger partial charge in [-0.25, -0.2) is 14.4 Å². The predicted molar refractivity (Wildman–Crippen MR) is 113 cm³/mol. The standard InChI is InChI=1S/C22H21FN6O2/c1-14-13-28(19-7-5-15(11-24)12-25-19)9-10-29(14)20(30)8-6-18-26-17-4-2-3-16(23)21(17)22(31)27-18/h2-5,7,12,14H,6,8-10,13H2,1H3,(H,26,27,31)/t14-/m0/s1. The molecular formula is C22H21FN6O2. The quantitative estimate of drug-likeness (QED) is 0.692. The first kappa shape index (κ1) is 20.5. The van der Waals surface area contributed by atoms with Crippen LogP contribution in [0, 0.1) is 17.1 Å². The topological polar surface area (TPSA) is 106 Å². The lowest BCUT2D eigenvalue weighted by molar-refractivity contribution is -0.133. The van der Waals surface area contributed by atoms with Crippen LogP contribution in [0.3, 0.4) is 0 Å². The summed E-state index contributed by atoms with van der Waals surface area (Å²) in [6.07, 6.45) is 2.01. The van der Waals surface area contributed by atoms with E-state index >= 15 is 0 Å². The van der Waals surface area contributed by atoms with E-state index < -0.39 is 11.4 Å². The number of piperazine rings is 1. The maximum absolute atomic E-state index is 13.8. The summed E-state index contributed by atoms with van der Waals surface area (Å²) in [5.41, 5.74) is 0.249. The number of halogens is 1. The first-order chi connectivity index (χ1) is 15.0. The van der Waals surface area contributed by atoms with Crippen LogP contribution in [0.1, 0.15) is 24.7 Å². The largest absolute Gasteiger partial charge is 0.353 e. The maximum atomic E-state index is 13.8. The molecule has 1 aromatic carbocycles. The minimum absolute atomic E-state index is 0.0172. The van der Waals surface area contributed by atoms with E-state index in [-0.39, 0.29) is 35.7 Å². The molecule has 9 heteroatoms. The van der Waals surface area contributed by atoms with E-state index in [9.17, 15) is 14.0 Å². The zero-order chi connectivity index (χ0) is 22.0. The van der Waals surface area contributed by atoms with E-state index in [4.69, 9.17) is 5.26 Å². The highest BCUT2D eigenvalue weighted by atomic mass is 19.1. The molecule has 0 saturated carbocycles. The smallest absolute Gasteiger partial charge is 0.261 e. The maximum Gasteiger partial charge on any atom is 0.261 e. The van der Waals surface area contributed by atoms with Gasteiger partial charge in [-0.3, -0.25) is 9.59 Å². The second kappa shape index (κ2) is 8.52. The highest BCUT2D eigenvalue weighted by molar-refractivity contribution is 5.79. The van der Waals surface area contributed by atoms with Gasteiger partial charge in [0.15, 0.2) is 0 Å². The lowest BCUT2D eigenvalue weighted by atomic mass is 10.1. The zero-order valence-corrected chi connectivity index (χ0v) is 17.0. The van der Waals surface area contributed by atoms with Crippen molar-refractivity contribution in [1.29, 1.82) is 5.26 Å². The number of carbonyl (C=O) groups is 1. The second-order valence-electron chi connectivity index (χ2n) is 7.55. The number of nitrogens with one attached hydrogen (secondary N) is 1. The van der Waals surface area contributed by atoms with Crippen LogP contribution in [0.5, 0.6) is 0 Å². The number of aryl methyl sites for hydroxylation is 1. The van der Waals surface area contributed by atoms with Crippen molar-refractivity contribution in [1.82, 2.24) is 19.9 Å². The van der Waals surface area contributed by atoms with Crippen molar-refractivity contribution in [2.45, 2.75) is 25.8 Å². The summed E-state index contributed by atoms with van der Waals surface area (Å²) in [5.74, 6) is 0.506. The lowest BCUT2D eigenvalue weighted by Crippen LogP contribution is -2.54. The summed E-state index contributed by atoms with van der Waals surface area (Å²) in [6.45, 7) is 3.80. The van der Waals surface area contributed by atoms with Crippen molar-refractivity contribution >= 4 is 22.6 Å². The number of hydrogen-bond acceptors (Lipinski definition) is 6. The molecule has 3 aromatic rings. The van der Waals surface area contributed by atoms with E-state index in [2.05, 4.69) is 25.9 Å². The molecule has 0 aliphatic carbocycles. The van der Waals surface area contributed by atoms with E-state index in [1.165, 1.54) is 12.1 Å². The number of benzene rings is 1. The highest BCUT2D eigenvalue weighted by Gasteiger charge is 2.28. The van der Waals surface area contributed by atoms with Crippen LogP contribution < -0.4 is 10.5 Å². The Balaban J connectivity index is 1.39. The summed E-state index contributed by atoms with van der Waals surface area (Å²) < 4.78 is 13.8. The molecule has 1 amide bonds. The summed E-state index contributed by atoms with van der Waals surface area (Å²) in [4.78, 5) is 40.1. The fraction of sp³-hybridized carbons (Fsp3) is 0.318. The number of carbonyl (C=O) groups excluding carboxylic acids is 1. The number of rotatable bonds is 4. The molecule has 0 spiro atoms. The molecule has 3 heterocycles. The minimum atomic E-state index is -0.614. The Hall–Kier alpha value is -3.80. The molecule has 2 aromatic heterocycles. The van der Waals surface area contributed by atoms with Crippen molar-refractivity contribution in [2.24, 2.45) is 0 Å². The molecule has 1 saturated heterocycles. The van der Waals surface area contributed by atoms with E-state index in [1.54, 1.807) is 18.3 Å². The SMILES string of the molecule is C[C@H]1CN(c2ccc(C#N)cn2)CCN1C(=O)CCc1nc2cccc(F)c2c(=O)[nH]1. The molecular weight excluding hydrogens is 399 g/mol. The number of aromatic amines is 1. The van der Waals surface area contributed by atoms with Crippen LogP contribution in [0.15, 0.2) is 41.3 Å². The van der Waals surface area contributed by atoms with Crippen molar-refractivity contribution in [2.75, 3.05) is 24.5 Å². The fourth-order valence-corrected chi connectivity index (χ4v) is 3.86. The van der Waals surface area contributed by atoms with Gasteiger partial charge in [0.05, 0.1) is 11.1 Å². The normalized spacial score (nSPS) is 16.4. The Bertz CT molecular complexity index is 1220. The van der Waals surface area contributed by atoms with Crippen LogP contribution >= 0.6 is 0 Å². The summed E-state index contributed by atoms with van der Waals surface area (Å²) >= 11 is 0. The minimum Gasteiger partial charge on any atom is -0.353 e. The number of aromatic nitrogens is 3. The van der Waals surface area contributed by atoms with Crippen LogP contribution in [0.4, 0.5) is 10.2 Å². The van der Waals surface area contributed by atoms with Gasteiger partial charge in [-0.1, -0.05) is 6.07 Å². The van der Waals surface area contributed by atoms with Gasteiger partial charge in [-0.15, -0.1) is 0 Å². The monoisotopic (exact) mass is 420 g/mol. The van der Waals surface area contributed by atoms with Gasteiger partial charge in [0.2, 0.25) is 5.91 Å². The number of H-pyrrole nitrogens is 1. The third kappa shape index (κ3) is 4.23. The molecule has 1 aliphatic rings. The van der Waals surface area contributed by atoms with Gasteiger partial charge >= 0.3 is 0 Å². The van der Waals surface area contributed by atoms with E-state index in [1.807, 2.05) is 17.9 Å². The van der Waals surface area contributed by atoms with Gasteiger partial charge in [0.1, 0.15) is 28.9 Å². The van der Waals surface area contributed by atoms with Gasteiger partial charge in [-0.05, 0) is 31.2 Å². The Morgan fingerprint density at radius 2 is 2.16 bits per heavy atom. The average molecular weight is 420 g/mol. The number of fused-ring (bicyclic) bond motifs is 1. The molecule has 31 heavy (non-hydrogen) atoms. The summed E-state index contributed by atoms with van der Waals surface area (Å²) in [5, 5.41) is 8.83. The van der Waals surface area contributed by atoms with Crippen molar-refractivity contribution < 1.29 is 9.18 Å². The first-order valence-electron chi connectivity index (χ1n) is 10.0. The Morgan fingerprint density at radius 1 is 1.32 bits per heavy atom. The number of anilines is 1. The lowest BCUT2D eigenvalue weighted by Gasteiger charge is -2.40. The van der Waals surface area contributed by atoms with Crippen molar-refractivity contribution in [3.8, 4) is 6.07 Å². The van der Waals surface area contributed by atoms with Crippen molar-refractivity contribution in [3.63, 3.8) is 0 Å². The molecule has 4 rings (SSSR count). The molecule has 1 atom stereocenters. The number of nitriles is 1. The molecule has 1 N–H and O–H groups in total. The molecule has 0 unspecified atom stereocenters. The second-order valence-corrected chi connectivity index (χ2v) is 7.55. The van der Waals surface area contributed by atoms with Gasteiger partial charge in [-0.2, -0.15) is 5.26 Å². The Kier molecular flexibility index (Phi) is 5.62. The van der Waals surface area contributed by atoms with Crippen molar-refractivity contribution in [3.05, 3.63) is 64.1 Å². The third-order valence-corrected chi connectivity index (χ3v) is 5.46. The first-order valence-corrected chi connectivity index (χ1v) is 10.0. The summed E-state index contributed by atoms with van der Waals surface area (Å²) in [7, 11) is 0. The van der Waals surface area contributed by atoms with E-state index in [0.717, 1.165) is 5.82 Å². The van der Waals surface area contributed by atoms with Crippen LogP contribution in [0.2, 0.25) is 0 Å². The van der Waals surface area contributed by atoms with Crippen LogP contribution in [-0.4, -0.2) is 51.4 Å². The Labute approximate surface area is 178 Å². The highest BCUT2D eigenvalue weighted by Crippen LogP contribution is 2.18. The Morgan fingerprint density at radius 3 is 2.87 bits per heavy atom. The summed E-state index contributed by atoms with van der Waals surface area (Å²) in [6, 6.07) is 9.88. The number of amides is 1. The number of nitrogens with zero attached hydrogens (tertiary/aromatic N) is 5. The molecule has 8 nitrogen and oxygen atoms in total. The molecule has 0 radical (unpaired) electrons. The number of hydrogen-bond donors (Lipinski definition) is 1. The van der Waals surface area contributed by atoms with Crippen LogP contribution in [-0.2, 0) is 11.2 Å². The molecule has 0 bridgehead atoms. The van der Waals surface area contributed by atoms with Crippen LogP contribution in [0.25, 0.3) is 10.9 Å². The number of pyridine rings is 1. The van der Waals surface area contributed by atoms with Gasteiger partial charge in [0, 0.05) is 44.7 Å². The fourth-order valence-electron chi connectivity index (χ4n) is 3.86. The molecule has 158 valence electrons. The predicted octanol–water partition coefficient (Wildman–Crippen LogP) is 2.00. The molecule has 1 fully saturated rings. The van der Waals surface area contributed by atoms with E-state index in [0.29, 0.717) is 31.0 Å². The van der Waals surface area contributed by atoms with Gasteiger partial charge < -0.3 is 14.8 Å². The zero-order valence-electron chi connectivity index (χ0n) is 17.0.